The predicted octanol–water partition coefficient (Wildman–Crippen LogP) is 3.46. The van der Waals surface area contributed by atoms with Crippen LogP contribution in [-0.4, -0.2) is 52.9 Å². The van der Waals surface area contributed by atoms with E-state index < -0.39 is 0 Å². The van der Waals surface area contributed by atoms with Crippen molar-refractivity contribution in [2.24, 2.45) is 4.99 Å². The lowest BCUT2D eigenvalue weighted by Gasteiger charge is -2.22. The van der Waals surface area contributed by atoms with E-state index >= 15 is 0 Å². The Hall–Kier alpha value is -2.62. The molecule has 0 spiro atoms. The van der Waals surface area contributed by atoms with E-state index in [2.05, 4.69) is 49.6 Å². The van der Waals surface area contributed by atoms with Crippen LogP contribution in [0.15, 0.2) is 66.2 Å². The number of hydrogen-bond donors (Lipinski definition) is 1. The van der Waals surface area contributed by atoms with Crippen LogP contribution in [0.1, 0.15) is 23.5 Å². The normalized spacial score (nSPS) is 16.3. The Morgan fingerprint density at radius 2 is 1.93 bits per heavy atom. The molecule has 1 fully saturated rings. The third kappa shape index (κ3) is 5.10. The van der Waals surface area contributed by atoms with Crippen molar-refractivity contribution in [1.82, 2.24) is 25.0 Å². The lowest BCUT2D eigenvalue weighted by molar-refractivity contribution is 0.414. The fourth-order valence-electron chi connectivity index (χ4n) is 3.72. The van der Waals surface area contributed by atoms with E-state index in [4.69, 9.17) is 4.74 Å². The lowest BCUT2D eigenvalue weighted by atomic mass is 9.98. The maximum atomic E-state index is 5.26. The number of likely N-dealkylation sites (tertiary alicyclic amines) is 1. The maximum absolute atomic E-state index is 5.26. The quantitative estimate of drug-likeness (QED) is 0.319. The van der Waals surface area contributed by atoms with Crippen molar-refractivity contribution >= 4 is 29.9 Å². The molecule has 0 saturated carbocycles. The van der Waals surface area contributed by atoms with E-state index in [-0.39, 0.29) is 24.0 Å². The summed E-state index contributed by atoms with van der Waals surface area (Å²) in [7, 11) is 3.54. The number of nitrogens with one attached hydrogen (secondary N) is 1. The summed E-state index contributed by atoms with van der Waals surface area (Å²) < 4.78 is 7.01. The molecular formula is C22H27IN6O. The van der Waals surface area contributed by atoms with Gasteiger partial charge in [-0.05, 0) is 41.8 Å². The Morgan fingerprint density at radius 1 is 1.17 bits per heavy atom. The van der Waals surface area contributed by atoms with Gasteiger partial charge in [-0.2, -0.15) is 5.10 Å². The summed E-state index contributed by atoms with van der Waals surface area (Å²) in [6.45, 7) is 2.70. The molecule has 1 aliphatic heterocycles. The first-order valence-electron chi connectivity index (χ1n) is 9.80. The Bertz CT molecular complexity index is 941. The SMILES string of the molecule is CN=C(NCc1ccc(-n2cncn2)cc1)N1CCC(c2ccc(OC)cc2)C1.I. The highest BCUT2D eigenvalue weighted by Crippen LogP contribution is 2.28. The molecule has 4 rings (SSSR count). The average molecular weight is 518 g/mol. The maximum Gasteiger partial charge on any atom is 0.193 e. The monoisotopic (exact) mass is 518 g/mol. The van der Waals surface area contributed by atoms with Gasteiger partial charge >= 0.3 is 0 Å². The number of hydrogen-bond acceptors (Lipinski definition) is 4. The number of methoxy groups -OCH3 is 1. The summed E-state index contributed by atoms with van der Waals surface area (Å²) in [5.41, 5.74) is 3.55. The van der Waals surface area contributed by atoms with Crippen LogP contribution < -0.4 is 10.1 Å². The second-order valence-corrected chi connectivity index (χ2v) is 7.11. The van der Waals surface area contributed by atoms with Gasteiger partial charge in [0.2, 0.25) is 0 Å². The highest BCUT2D eigenvalue weighted by molar-refractivity contribution is 14.0. The lowest BCUT2D eigenvalue weighted by Crippen LogP contribution is -2.39. The molecule has 1 saturated heterocycles. The van der Waals surface area contributed by atoms with Gasteiger partial charge in [0.1, 0.15) is 18.4 Å². The van der Waals surface area contributed by atoms with Crippen LogP contribution in [0.2, 0.25) is 0 Å². The fraction of sp³-hybridized carbons (Fsp3) is 0.318. The summed E-state index contributed by atoms with van der Waals surface area (Å²) in [5.74, 6) is 2.36. The minimum absolute atomic E-state index is 0. The Morgan fingerprint density at radius 3 is 2.57 bits per heavy atom. The molecule has 0 radical (unpaired) electrons. The van der Waals surface area contributed by atoms with E-state index in [1.807, 2.05) is 31.3 Å². The summed E-state index contributed by atoms with van der Waals surface area (Å²) >= 11 is 0. The summed E-state index contributed by atoms with van der Waals surface area (Å²) in [6, 6.07) is 16.7. The second kappa shape index (κ2) is 10.4. The van der Waals surface area contributed by atoms with Crippen molar-refractivity contribution in [2.75, 3.05) is 27.2 Å². The minimum Gasteiger partial charge on any atom is -0.497 e. The zero-order chi connectivity index (χ0) is 20.1. The first-order valence-corrected chi connectivity index (χ1v) is 9.80. The number of halogens is 1. The van der Waals surface area contributed by atoms with Crippen molar-refractivity contribution in [3.8, 4) is 11.4 Å². The molecule has 7 nitrogen and oxygen atoms in total. The van der Waals surface area contributed by atoms with E-state index in [1.54, 1.807) is 18.1 Å². The van der Waals surface area contributed by atoms with Crippen molar-refractivity contribution < 1.29 is 4.74 Å². The van der Waals surface area contributed by atoms with Crippen molar-refractivity contribution in [1.29, 1.82) is 0 Å². The first kappa shape index (κ1) is 22.1. The summed E-state index contributed by atoms with van der Waals surface area (Å²) in [4.78, 5) is 10.8. The largest absolute Gasteiger partial charge is 0.497 e. The zero-order valence-corrected chi connectivity index (χ0v) is 19.6. The molecule has 158 valence electrons. The predicted molar refractivity (Wildman–Crippen MR) is 129 cm³/mol. The highest BCUT2D eigenvalue weighted by Gasteiger charge is 2.26. The van der Waals surface area contributed by atoms with Gasteiger partial charge in [0.05, 0.1) is 12.8 Å². The van der Waals surface area contributed by atoms with Crippen LogP contribution in [0.4, 0.5) is 0 Å². The number of ether oxygens (including phenoxy) is 1. The number of nitrogens with zero attached hydrogens (tertiary/aromatic N) is 5. The summed E-state index contributed by atoms with van der Waals surface area (Å²) in [6.07, 6.45) is 4.36. The molecule has 1 N–H and O–H groups in total. The molecule has 0 amide bonds. The molecule has 3 aromatic rings. The topological polar surface area (TPSA) is 67.6 Å². The van der Waals surface area contributed by atoms with Gasteiger partial charge in [-0.25, -0.2) is 9.67 Å². The van der Waals surface area contributed by atoms with Crippen LogP contribution in [-0.2, 0) is 6.54 Å². The van der Waals surface area contributed by atoms with E-state index in [0.29, 0.717) is 5.92 Å². The number of aliphatic imine (C=N–C) groups is 1. The fourth-order valence-corrected chi connectivity index (χ4v) is 3.72. The molecule has 0 aliphatic carbocycles. The number of aromatic nitrogens is 3. The number of benzene rings is 2. The van der Waals surface area contributed by atoms with Gasteiger partial charge in [-0.1, -0.05) is 24.3 Å². The minimum atomic E-state index is 0. The molecule has 2 heterocycles. The van der Waals surface area contributed by atoms with E-state index in [0.717, 1.165) is 43.5 Å². The van der Waals surface area contributed by atoms with Gasteiger partial charge in [-0.15, -0.1) is 24.0 Å². The van der Waals surface area contributed by atoms with E-state index in [1.165, 1.54) is 17.5 Å². The van der Waals surface area contributed by atoms with Crippen molar-refractivity contribution in [2.45, 2.75) is 18.9 Å². The van der Waals surface area contributed by atoms with Crippen molar-refractivity contribution in [3.63, 3.8) is 0 Å². The Balaban J connectivity index is 0.00000256. The Labute approximate surface area is 194 Å². The number of guanidine groups is 1. The Kier molecular flexibility index (Phi) is 7.67. The van der Waals surface area contributed by atoms with Crippen LogP contribution in [0.25, 0.3) is 5.69 Å². The third-order valence-electron chi connectivity index (χ3n) is 5.36. The van der Waals surface area contributed by atoms with E-state index in [9.17, 15) is 0 Å². The molecule has 1 atom stereocenters. The molecule has 8 heteroatoms. The van der Waals surface area contributed by atoms with Crippen molar-refractivity contribution in [3.05, 3.63) is 72.3 Å². The van der Waals surface area contributed by atoms with Crippen LogP contribution in [0, 0.1) is 0 Å². The second-order valence-electron chi connectivity index (χ2n) is 7.11. The number of rotatable bonds is 5. The molecular weight excluding hydrogens is 491 g/mol. The average Bonchev–Trinajstić information content (AvgIpc) is 3.48. The first-order chi connectivity index (χ1) is 14.3. The van der Waals surface area contributed by atoms with Crippen LogP contribution >= 0.6 is 24.0 Å². The van der Waals surface area contributed by atoms with Crippen LogP contribution in [0.5, 0.6) is 5.75 Å². The zero-order valence-electron chi connectivity index (χ0n) is 17.2. The van der Waals surface area contributed by atoms with Crippen LogP contribution in [0.3, 0.4) is 0 Å². The molecule has 1 aromatic heterocycles. The third-order valence-corrected chi connectivity index (χ3v) is 5.36. The molecule has 1 unspecified atom stereocenters. The van der Waals surface area contributed by atoms with Gasteiger partial charge in [0.25, 0.3) is 0 Å². The standard InChI is InChI=1S/C22H26N6O.HI/c1-23-22(25-13-17-3-7-20(8-4-17)28-16-24-15-26-28)27-12-11-19(14-27)18-5-9-21(29-2)10-6-18;/h3-10,15-16,19H,11-14H2,1-2H3,(H,23,25);1H. The molecule has 2 aromatic carbocycles. The molecule has 1 aliphatic rings. The van der Waals surface area contributed by atoms with Gasteiger partial charge in [0, 0.05) is 32.6 Å². The van der Waals surface area contributed by atoms with Gasteiger partial charge < -0.3 is 15.0 Å². The summed E-state index contributed by atoms with van der Waals surface area (Å²) in [5, 5.41) is 7.65. The molecule has 30 heavy (non-hydrogen) atoms. The van der Waals surface area contributed by atoms with Gasteiger partial charge in [0.15, 0.2) is 5.96 Å². The van der Waals surface area contributed by atoms with Gasteiger partial charge in [-0.3, -0.25) is 4.99 Å². The smallest absolute Gasteiger partial charge is 0.193 e. The highest BCUT2D eigenvalue weighted by atomic mass is 127. The molecule has 0 bridgehead atoms.